The van der Waals surface area contributed by atoms with E-state index in [0.29, 0.717) is 16.6 Å². The van der Waals surface area contributed by atoms with Crippen LogP contribution in [-0.2, 0) is 14.6 Å². The maximum absolute atomic E-state index is 12.3. The van der Waals surface area contributed by atoms with Gasteiger partial charge in [0, 0.05) is 17.2 Å². The molecule has 1 amide bonds. The third-order valence-corrected chi connectivity index (χ3v) is 5.62. The van der Waals surface area contributed by atoms with E-state index in [1.165, 1.54) is 23.5 Å². The van der Waals surface area contributed by atoms with E-state index in [-0.39, 0.29) is 10.8 Å². The van der Waals surface area contributed by atoms with Crippen LogP contribution in [0.25, 0.3) is 11.3 Å². The summed E-state index contributed by atoms with van der Waals surface area (Å²) in [6.45, 7) is 1.67. The molecule has 140 valence electrons. The minimum atomic E-state index is -3.24. The number of rotatable bonds is 6. The molecule has 0 fully saturated rings. The fraction of sp³-hybridized carbons (Fsp3) is 0.158. The average molecular weight is 402 g/mol. The van der Waals surface area contributed by atoms with Crippen molar-refractivity contribution in [2.75, 3.05) is 11.6 Å². The summed E-state index contributed by atoms with van der Waals surface area (Å²) in [7, 11) is -3.24. The number of anilines is 1. The smallest absolute Gasteiger partial charge is 0.266 e. The maximum atomic E-state index is 12.3. The van der Waals surface area contributed by atoms with Crippen molar-refractivity contribution in [1.82, 2.24) is 4.98 Å². The number of nitrogens with one attached hydrogen (secondary N) is 1. The fourth-order valence-corrected chi connectivity index (χ4v) is 3.65. The second-order valence-electron chi connectivity index (χ2n) is 5.90. The van der Waals surface area contributed by atoms with E-state index in [4.69, 9.17) is 4.74 Å². The Kier molecular flexibility index (Phi) is 5.57. The van der Waals surface area contributed by atoms with Gasteiger partial charge in [0.25, 0.3) is 5.91 Å². The monoisotopic (exact) mass is 402 g/mol. The summed E-state index contributed by atoms with van der Waals surface area (Å²) in [6, 6.07) is 15.6. The Balaban J connectivity index is 1.66. The Bertz CT molecular complexity index is 1030. The van der Waals surface area contributed by atoms with Gasteiger partial charge in [0.05, 0.1) is 10.6 Å². The summed E-state index contributed by atoms with van der Waals surface area (Å²) in [5.74, 6) is 0.318. The van der Waals surface area contributed by atoms with Crippen molar-refractivity contribution in [1.29, 1.82) is 0 Å². The Labute approximate surface area is 161 Å². The van der Waals surface area contributed by atoms with Crippen molar-refractivity contribution >= 4 is 32.2 Å². The van der Waals surface area contributed by atoms with Crippen LogP contribution in [-0.4, -0.2) is 31.7 Å². The second kappa shape index (κ2) is 7.89. The van der Waals surface area contributed by atoms with Crippen LogP contribution in [0.1, 0.15) is 6.92 Å². The molecule has 2 aromatic carbocycles. The van der Waals surface area contributed by atoms with E-state index in [2.05, 4.69) is 10.3 Å². The van der Waals surface area contributed by atoms with Crippen LogP contribution >= 0.6 is 11.3 Å². The first-order valence-electron chi connectivity index (χ1n) is 8.11. The zero-order chi connectivity index (χ0) is 19.4. The highest BCUT2D eigenvalue weighted by atomic mass is 32.2. The summed E-state index contributed by atoms with van der Waals surface area (Å²) < 4.78 is 28.6. The SMILES string of the molecule is C[C@H](Oc1ccccc1)C(=O)Nc1nc(-c2ccc(S(C)(=O)=O)cc2)cs1. The molecule has 0 unspecified atom stereocenters. The Morgan fingerprint density at radius 3 is 2.41 bits per heavy atom. The first kappa shape index (κ1) is 19.1. The molecule has 3 rings (SSSR count). The van der Waals surface area contributed by atoms with Crippen LogP contribution in [0.3, 0.4) is 0 Å². The molecule has 1 N–H and O–H groups in total. The molecular weight excluding hydrogens is 384 g/mol. The zero-order valence-corrected chi connectivity index (χ0v) is 16.4. The van der Waals surface area contributed by atoms with E-state index >= 15 is 0 Å². The molecule has 0 spiro atoms. The predicted octanol–water partition coefficient (Wildman–Crippen LogP) is 3.62. The number of carbonyl (C=O) groups excluding carboxylic acids is 1. The molecule has 1 heterocycles. The van der Waals surface area contributed by atoms with Crippen LogP contribution in [0.15, 0.2) is 64.9 Å². The minimum Gasteiger partial charge on any atom is -0.481 e. The molecule has 0 bridgehead atoms. The van der Waals surface area contributed by atoms with Gasteiger partial charge in [0.2, 0.25) is 0 Å². The largest absolute Gasteiger partial charge is 0.481 e. The van der Waals surface area contributed by atoms with Gasteiger partial charge in [-0.25, -0.2) is 13.4 Å². The van der Waals surface area contributed by atoms with Crippen LogP contribution in [0.2, 0.25) is 0 Å². The molecule has 8 heteroatoms. The van der Waals surface area contributed by atoms with Gasteiger partial charge in [-0.3, -0.25) is 10.1 Å². The molecule has 0 aliphatic heterocycles. The molecule has 0 aliphatic rings. The summed E-state index contributed by atoms with van der Waals surface area (Å²) in [5, 5.41) is 4.98. The standard InChI is InChI=1S/C19H18N2O4S2/c1-13(25-15-6-4-3-5-7-15)18(22)21-19-20-17(12-26-19)14-8-10-16(11-9-14)27(2,23)24/h3-13H,1-2H3,(H,20,21,22)/t13-/m0/s1. The van der Waals surface area contributed by atoms with Crippen molar-refractivity contribution in [3.63, 3.8) is 0 Å². The molecule has 3 aromatic rings. The summed E-state index contributed by atoms with van der Waals surface area (Å²) in [5.41, 5.74) is 1.43. The number of aromatic nitrogens is 1. The normalized spacial score (nSPS) is 12.4. The number of para-hydroxylation sites is 1. The number of thiazole rings is 1. The molecular formula is C19H18N2O4S2. The number of amides is 1. The minimum absolute atomic E-state index is 0.252. The van der Waals surface area contributed by atoms with E-state index < -0.39 is 15.9 Å². The van der Waals surface area contributed by atoms with Crippen LogP contribution < -0.4 is 10.1 Å². The quantitative estimate of drug-likeness (QED) is 0.681. The van der Waals surface area contributed by atoms with Crippen molar-refractivity contribution < 1.29 is 17.9 Å². The molecule has 1 aromatic heterocycles. The first-order valence-corrected chi connectivity index (χ1v) is 10.9. The van der Waals surface area contributed by atoms with Gasteiger partial charge in [-0.2, -0.15) is 0 Å². The number of nitrogens with zero attached hydrogens (tertiary/aromatic N) is 1. The number of hydrogen-bond acceptors (Lipinski definition) is 6. The topological polar surface area (TPSA) is 85.4 Å². The van der Waals surface area contributed by atoms with Gasteiger partial charge in [-0.15, -0.1) is 11.3 Å². The predicted molar refractivity (Wildman–Crippen MR) is 106 cm³/mol. The lowest BCUT2D eigenvalue weighted by molar-refractivity contribution is -0.122. The second-order valence-corrected chi connectivity index (χ2v) is 8.77. The van der Waals surface area contributed by atoms with E-state index in [1.807, 2.05) is 18.2 Å². The molecule has 1 atom stereocenters. The molecule has 0 radical (unpaired) electrons. The summed E-state index contributed by atoms with van der Waals surface area (Å²) in [6.07, 6.45) is 0.491. The highest BCUT2D eigenvalue weighted by molar-refractivity contribution is 7.90. The molecule has 0 saturated carbocycles. The summed E-state index contributed by atoms with van der Waals surface area (Å²) >= 11 is 1.29. The van der Waals surface area contributed by atoms with Gasteiger partial charge in [-0.1, -0.05) is 30.3 Å². The van der Waals surface area contributed by atoms with E-state index in [9.17, 15) is 13.2 Å². The molecule has 0 aliphatic carbocycles. The Morgan fingerprint density at radius 1 is 1.11 bits per heavy atom. The average Bonchev–Trinajstić information content (AvgIpc) is 3.10. The van der Waals surface area contributed by atoms with Crippen molar-refractivity contribution in [3.05, 3.63) is 60.0 Å². The maximum Gasteiger partial charge on any atom is 0.266 e. The van der Waals surface area contributed by atoms with E-state index in [0.717, 1.165) is 11.8 Å². The van der Waals surface area contributed by atoms with Crippen LogP contribution in [0.4, 0.5) is 5.13 Å². The highest BCUT2D eigenvalue weighted by Crippen LogP contribution is 2.26. The lowest BCUT2D eigenvalue weighted by Gasteiger charge is -2.13. The third-order valence-electron chi connectivity index (χ3n) is 3.74. The van der Waals surface area contributed by atoms with Gasteiger partial charge in [0.15, 0.2) is 21.1 Å². The third kappa shape index (κ3) is 4.93. The van der Waals surface area contributed by atoms with Gasteiger partial charge in [0.1, 0.15) is 5.75 Å². The fourth-order valence-electron chi connectivity index (χ4n) is 2.30. The lowest BCUT2D eigenvalue weighted by atomic mass is 10.2. The number of benzene rings is 2. The van der Waals surface area contributed by atoms with Gasteiger partial charge >= 0.3 is 0 Å². The first-order chi connectivity index (χ1) is 12.8. The Morgan fingerprint density at radius 2 is 1.78 bits per heavy atom. The number of hydrogen-bond donors (Lipinski definition) is 1. The van der Waals surface area contributed by atoms with E-state index in [1.54, 1.807) is 36.6 Å². The van der Waals surface area contributed by atoms with Gasteiger partial charge < -0.3 is 4.74 Å². The van der Waals surface area contributed by atoms with Crippen LogP contribution in [0.5, 0.6) is 5.75 Å². The van der Waals surface area contributed by atoms with Crippen LogP contribution in [0, 0.1) is 0 Å². The summed E-state index contributed by atoms with van der Waals surface area (Å²) in [4.78, 5) is 16.9. The van der Waals surface area contributed by atoms with Crippen molar-refractivity contribution in [2.45, 2.75) is 17.9 Å². The van der Waals surface area contributed by atoms with Crippen molar-refractivity contribution in [2.24, 2.45) is 0 Å². The molecule has 27 heavy (non-hydrogen) atoms. The molecule has 0 saturated heterocycles. The van der Waals surface area contributed by atoms with Gasteiger partial charge in [-0.05, 0) is 31.2 Å². The number of sulfone groups is 1. The number of carbonyl (C=O) groups is 1. The van der Waals surface area contributed by atoms with Crippen molar-refractivity contribution in [3.8, 4) is 17.0 Å². The Hall–Kier alpha value is -2.71. The molecule has 6 nitrogen and oxygen atoms in total. The number of ether oxygens (including phenoxy) is 1. The highest BCUT2D eigenvalue weighted by Gasteiger charge is 2.17. The lowest BCUT2D eigenvalue weighted by Crippen LogP contribution is -2.30. The zero-order valence-electron chi connectivity index (χ0n) is 14.7.